The van der Waals surface area contributed by atoms with Gasteiger partial charge in [0.2, 0.25) is 5.91 Å². The summed E-state index contributed by atoms with van der Waals surface area (Å²) < 4.78 is 37.8. The van der Waals surface area contributed by atoms with E-state index in [-0.39, 0.29) is 12.3 Å². The van der Waals surface area contributed by atoms with Gasteiger partial charge < -0.3 is 20.5 Å². The number of nitrogens with two attached hydrogens (primary N) is 1. The normalized spacial score (nSPS) is 10.5. The van der Waals surface area contributed by atoms with E-state index in [0.29, 0.717) is 41.5 Å². The second-order valence-electron chi connectivity index (χ2n) is 6.59. The highest BCUT2D eigenvalue weighted by atomic mass is 19.1. The zero-order valence-corrected chi connectivity index (χ0v) is 16.5. The van der Waals surface area contributed by atoms with Crippen molar-refractivity contribution in [2.45, 2.75) is 6.42 Å². The van der Waals surface area contributed by atoms with Crippen LogP contribution >= 0.6 is 0 Å². The minimum atomic E-state index is -0.660. The van der Waals surface area contributed by atoms with Crippen molar-refractivity contribution >= 4 is 11.6 Å². The van der Waals surface area contributed by atoms with Crippen LogP contribution in [0.4, 0.5) is 14.5 Å². The molecule has 7 heteroatoms. The topological polar surface area (TPSA) is 73.6 Å². The predicted octanol–water partition coefficient (Wildman–Crippen LogP) is 4.16. The van der Waals surface area contributed by atoms with Gasteiger partial charge >= 0.3 is 0 Å². The van der Waals surface area contributed by atoms with Gasteiger partial charge in [-0.15, -0.1) is 0 Å². The summed E-state index contributed by atoms with van der Waals surface area (Å²) in [5, 5.41) is 2.80. The lowest BCUT2D eigenvalue weighted by Crippen LogP contribution is -2.14. The summed E-state index contributed by atoms with van der Waals surface area (Å²) in [6, 6.07) is 15.3. The number of methoxy groups -OCH3 is 1. The van der Waals surface area contributed by atoms with Gasteiger partial charge in [-0.3, -0.25) is 4.79 Å². The lowest BCUT2D eigenvalue weighted by Gasteiger charge is -2.12. The van der Waals surface area contributed by atoms with Crippen molar-refractivity contribution in [3.8, 4) is 22.6 Å². The Balaban J connectivity index is 1.71. The number of anilines is 1. The van der Waals surface area contributed by atoms with E-state index in [2.05, 4.69) is 5.32 Å². The van der Waals surface area contributed by atoms with E-state index >= 15 is 0 Å². The van der Waals surface area contributed by atoms with Crippen LogP contribution in [0.15, 0.2) is 60.7 Å². The molecule has 0 unspecified atom stereocenters. The Morgan fingerprint density at radius 2 is 1.73 bits per heavy atom. The molecule has 0 spiro atoms. The maximum absolute atomic E-state index is 13.5. The third kappa shape index (κ3) is 5.55. The summed E-state index contributed by atoms with van der Waals surface area (Å²) in [4.78, 5) is 12.5. The van der Waals surface area contributed by atoms with E-state index in [1.807, 2.05) is 0 Å². The van der Waals surface area contributed by atoms with Crippen LogP contribution in [0.5, 0.6) is 11.5 Å². The minimum absolute atomic E-state index is 0.117. The number of nitrogens with one attached hydrogen (secondary N) is 1. The monoisotopic (exact) mass is 412 g/mol. The summed E-state index contributed by atoms with van der Waals surface area (Å²) in [6.45, 7) is 0.746. The van der Waals surface area contributed by atoms with Gasteiger partial charge in [0.15, 0.2) is 11.5 Å². The zero-order chi connectivity index (χ0) is 21.5. The quantitative estimate of drug-likeness (QED) is 0.583. The largest absolute Gasteiger partial charge is 0.493 e. The van der Waals surface area contributed by atoms with Gasteiger partial charge in [-0.25, -0.2) is 8.78 Å². The van der Waals surface area contributed by atoms with Crippen molar-refractivity contribution in [1.29, 1.82) is 0 Å². The number of carbonyl (C=O) groups excluding carboxylic acids is 1. The van der Waals surface area contributed by atoms with E-state index in [0.717, 1.165) is 11.6 Å². The van der Waals surface area contributed by atoms with E-state index in [9.17, 15) is 13.6 Å². The van der Waals surface area contributed by atoms with E-state index in [1.165, 1.54) is 19.2 Å². The smallest absolute Gasteiger partial charge is 0.228 e. The Morgan fingerprint density at radius 1 is 0.967 bits per heavy atom. The first-order valence-corrected chi connectivity index (χ1v) is 9.34. The van der Waals surface area contributed by atoms with Crippen molar-refractivity contribution in [3.05, 3.63) is 77.9 Å². The maximum atomic E-state index is 13.5. The summed E-state index contributed by atoms with van der Waals surface area (Å²) in [5.41, 5.74) is 7.69. The highest BCUT2D eigenvalue weighted by molar-refractivity contribution is 5.93. The summed E-state index contributed by atoms with van der Waals surface area (Å²) in [7, 11) is 1.52. The molecular weight excluding hydrogens is 390 g/mol. The molecule has 0 saturated carbocycles. The number of amides is 1. The van der Waals surface area contributed by atoms with Crippen LogP contribution in [0.1, 0.15) is 5.56 Å². The molecule has 0 heterocycles. The molecule has 0 saturated heterocycles. The molecule has 5 nitrogen and oxygen atoms in total. The first kappa shape index (κ1) is 21.3. The molecular formula is C23H22F2N2O3. The standard InChI is InChI=1S/C23H22F2N2O3/c1-29-22-9-15(5-6-21(22)30-8-7-26)10-23(28)27-20-4-2-3-16(13-20)17-11-18(24)14-19(25)12-17/h2-6,9,11-14H,7-8,10,26H2,1H3,(H,27,28). The van der Waals surface area contributed by atoms with Crippen molar-refractivity contribution in [1.82, 2.24) is 0 Å². The number of ether oxygens (including phenoxy) is 2. The Labute approximate surface area is 173 Å². The number of hydrogen-bond donors (Lipinski definition) is 2. The molecule has 3 N–H and O–H groups in total. The molecule has 0 atom stereocenters. The molecule has 3 aromatic rings. The van der Waals surface area contributed by atoms with Gasteiger partial charge in [0.1, 0.15) is 18.2 Å². The maximum Gasteiger partial charge on any atom is 0.228 e. The van der Waals surface area contributed by atoms with Crippen molar-refractivity contribution < 1.29 is 23.0 Å². The summed E-state index contributed by atoms with van der Waals surface area (Å²) in [5.74, 6) is -0.485. The lowest BCUT2D eigenvalue weighted by molar-refractivity contribution is -0.115. The average Bonchev–Trinajstić information content (AvgIpc) is 2.72. The Hall–Kier alpha value is -3.45. The SMILES string of the molecule is COc1cc(CC(=O)Nc2cccc(-c3cc(F)cc(F)c3)c2)ccc1OCCN. The molecule has 0 fully saturated rings. The minimum Gasteiger partial charge on any atom is -0.493 e. The van der Waals surface area contributed by atoms with Gasteiger partial charge in [0.05, 0.1) is 13.5 Å². The second-order valence-corrected chi connectivity index (χ2v) is 6.59. The Morgan fingerprint density at radius 3 is 2.43 bits per heavy atom. The third-order valence-corrected chi connectivity index (χ3v) is 4.31. The molecule has 30 heavy (non-hydrogen) atoms. The molecule has 3 rings (SSSR count). The number of halogens is 2. The van der Waals surface area contributed by atoms with Crippen molar-refractivity contribution in [2.75, 3.05) is 25.6 Å². The fourth-order valence-corrected chi connectivity index (χ4v) is 3.00. The molecule has 3 aromatic carbocycles. The van der Waals surface area contributed by atoms with Crippen LogP contribution in [-0.2, 0) is 11.2 Å². The predicted molar refractivity (Wildman–Crippen MR) is 112 cm³/mol. The van der Waals surface area contributed by atoms with Crippen LogP contribution in [0.2, 0.25) is 0 Å². The fourth-order valence-electron chi connectivity index (χ4n) is 3.00. The van der Waals surface area contributed by atoms with Crippen LogP contribution in [0.25, 0.3) is 11.1 Å². The number of benzene rings is 3. The van der Waals surface area contributed by atoms with Crippen LogP contribution < -0.4 is 20.5 Å². The third-order valence-electron chi connectivity index (χ3n) is 4.31. The van der Waals surface area contributed by atoms with Crippen molar-refractivity contribution in [3.63, 3.8) is 0 Å². The van der Waals surface area contributed by atoms with Crippen LogP contribution in [-0.4, -0.2) is 26.2 Å². The number of hydrogen-bond acceptors (Lipinski definition) is 4. The lowest BCUT2D eigenvalue weighted by atomic mass is 10.0. The number of carbonyl (C=O) groups is 1. The van der Waals surface area contributed by atoms with E-state index < -0.39 is 11.6 Å². The zero-order valence-electron chi connectivity index (χ0n) is 16.5. The first-order chi connectivity index (χ1) is 14.5. The average molecular weight is 412 g/mol. The highest BCUT2D eigenvalue weighted by Crippen LogP contribution is 2.28. The molecule has 0 aliphatic carbocycles. The van der Waals surface area contributed by atoms with Gasteiger partial charge in [-0.1, -0.05) is 18.2 Å². The molecule has 0 radical (unpaired) electrons. The van der Waals surface area contributed by atoms with Crippen LogP contribution in [0, 0.1) is 11.6 Å². The van der Waals surface area contributed by atoms with Crippen LogP contribution in [0.3, 0.4) is 0 Å². The Bertz CT molecular complexity index is 1020. The Kier molecular flexibility index (Phi) is 6.98. The number of rotatable bonds is 8. The van der Waals surface area contributed by atoms with E-state index in [4.69, 9.17) is 15.2 Å². The van der Waals surface area contributed by atoms with Crippen molar-refractivity contribution in [2.24, 2.45) is 5.73 Å². The highest BCUT2D eigenvalue weighted by Gasteiger charge is 2.10. The van der Waals surface area contributed by atoms with Gasteiger partial charge in [0, 0.05) is 18.3 Å². The van der Waals surface area contributed by atoms with Gasteiger partial charge in [-0.05, 0) is 53.1 Å². The molecule has 0 aromatic heterocycles. The molecule has 156 valence electrons. The summed E-state index contributed by atoms with van der Waals surface area (Å²) in [6.07, 6.45) is 0.117. The van der Waals surface area contributed by atoms with Gasteiger partial charge in [0.25, 0.3) is 0 Å². The fraction of sp³-hybridized carbons (Fsp3) is 0.174. The second kappa shape index (κ2) is 9.84. The molecule has 0 aliphatic heterocycles. The first-order valence-electron chi connectivity index (χ1n) is 9.34. The van der Waals surface area contributed by atoms with Gasteiger partial charge in [-0.2, -0.15) is 0 Å². The summed E-state index contributed by atoms with van der Waals surface area (Å²) >= 11 is 0. The molecule has 0 aliphatic rings. The molecule has 1 amide bonds. The van der Waals surface area contributed by atoms with E-state index in [1.54, 1.807) is 42.5 Å². The molecule has 0 bridgehead atoms.